The molecule has 6 heteroatoms. The van der Waals surface area contributed by atoms with Gasteiger partial charge in [0.2, 0.25) is 5.55 Å². The molecule has 0 bridgehead atoms. The highest BCUT2D eigenvalue weighted by molar-refractivity contribution is 6.31. The van der Waals surface area contributed by atoms with Gasteiger partial charge in [-0.25, -0.2) is 4.79 Å². The molecule has 0 aliphatic heterocycles. The molecule has 1 N–H and O–H groups in total. The third-order valence-corrected chi connectivity index (χ3v) is 4.22. The first kappa shape index (κ1) is 16.2. The van der Waals surface area contributed by atoms with Crippen LogP contribution in [0.15, 0.2) is 67.2 Å². The largest absolute Gasteiger partial charge is 0.463 e. The number of nitrogens with one attached hydrogen (secondary N) is 1. The van der Waals surface area contributed by atoms with Gasteiger partial charge in [0.1, 0.15) is 17.2 Å². The smallest absolute Gasteiger partial charge is 0.361 e. The monoisotopic (exact) mass is 365 g/mol. The van der Waals surface area contributed by atoms with Crippen LogP contribution in [-0.2, 0) is 0 Å². The molecule has 0 aliphatic rings. The van der Waals surface area contributed by atoms with Crippen molar-refractivity contribution in [1.82, 2.24) is 4.98 Å². The molecule has 0 radical (unpaired) electrons. The van der Waals surface area contributed by atoms with Crippen LogP contribution in [0.2, 0.25) is 5.02 Å². The van der Waals surface area contributed by atoms with Crippen molar-refractivity contribution in [2.45, 2.75) is 0 Å². The molecule has 0 spiro atoms. The number of rotatable bonds is 1. The van der Waals surface area contributed by atoms with Gasteiger partial charge in [-0.05, 0) is 35.6 Å². The molecule has 0 unspecified atom stereocenters. The molecule has 0 fully saturated rings. The van der Waals surface area contributed by atoms with Gasteiger partial charge < -0.3 is 13.8 Å². The number of halogens is 1. The summed E-state index contributed by atoms with van der Waals surface area (Å²) < 4.78 is 10.7. The summed E-state index contributed by atoms with van der Waals surface area (Å²) in [6, 6.07) is 12.0. The van der Waals surface area contributed by atoms with Gasteiger partial charge in [0.15, 0.2) is 5.43 Å². The van der Waals surface area contributed by atoms with E-state index in [0.717, 1.165) is 0 Å². The summed E-state index contributed by atoms with van der Waals surface area (Å²) in [5.74, 6) is 0. The van der Waals surface area contributed by atoms with Crippen LogP contribution >= 0.6 is 11.6 Å². The number of benzene rings is 2. The van der Waals surface area contributed by atoms with Crippen LogP contribution in [0.5, 0.6) is 0 Å². The molecule has 2 aromatic heterocycles. The Kier molecular flexibility index (Phi) is 3.86. The SMILES string of the molecule is C=c1ccccc1=c1[nH]/c(=C/c2coc3ccc(Cl)cc3c2=O)c(=O)o1. The number of aromatic amines is 1. The average molecular weight is 366 g/mol. The third-order valence-electron chi connectivity index (χ3n) is 3.99. The minimum atomic E-state index is -0.589. The maximum Gasteiger partial charge on any atom is 0.361 e. The summed E-state index contributed by atoms with van der Waals surface area (Å²) in [5.41, 5.74) is 0.0286. The van der Waals surface area contributed by atoms with Crippen molar-refractivity contribution in [3.05, 3.63) is 101 Å². The molecule has 128 valence electrons. The zero-order chi connectivity index (χ0) is 18.3. The molecular formula is C20H12ClNO4. The van der Waals surface area contributed by atoms with E-state index in [1.165, 1.54) is 18.4 Å². The second-order valence-electron chi connectivity index (χ2n) is 5.72. The number of aromatic nitrogens is 1. The molecule has 0 aliphatic carbocycles. The molecule has 26 heavy (non-hydrogen) atoms. The lowest BCUT2D eigenvalue weighted by molar-refractivity contribution is 0.489. The molecule has 5 nitrogen and oxygen atoms in total. The number of hydrogen-bond donors (Lipinski definition) is 1. The van der Waals surface area contributed by atoms with Gasteiger partial charge in [0, 0.05) is 10.2 Å². The molecule has 0 saturated carbocycles. The van der Waals surface area contributed by atoms with Crippen molar-refractivity contribution in [3.8, 4) is 0 Å². The lowest BCUT2D eigenvalue weighted by Crippen LogP contribution is -2.22. The van der Waals surface area contributed by atoms with Gasteiger partial charge in [-0.1, -0.05) is 36.4 Å². The standard InChI is InChI=1S/C20H12ClNO4/c1-11-4-2-3-5-14(11)19-22-16(20(24)26-19)8-12-10-25-17-7-6-13(21)9-15(17)18(12)23/h2-10,22H,1H2/b16-8+,19-14?. The molecule has 0 atom stereocenters. The first-order valence-corrected chi connectivity index (χ1v) is 8.11. The Labute approximate surface area is 150 Å². The van der Waals surface area contributed by atoms with Crippen molar-refractivity contribution in [2.75, 3.05) is 0 Å². The molecule has 0 saturated heterocycles. The lowest BCUT2D eigenvalue weighted by atomic mass is 10.1. The Morgan fingerprint density at radius 2 is 1.92 bits per heavy atom. The Morgan fingerprint density at radius 1 is 1.12 bits per heavy atom. The summed E-state index contributed by atoms with van der Waals surface area (Å²) in [6.45, 7) is 3.91. The van der Waals surface area contributed by atoms with E-state index in [-0.39, 0.29) is 21.9 Å². The van der Waals surface area contributed by atoms with Crippen molar-refractivity contribution in [3.63, 3.8) is 0 Å². The summed E-state index contributed by atoms with van der Waals surface area (Å²) in [7, 11) is 0. The van der Waals surface area contributed by atoms with Crippen molar-refractivity contribution >= 4 is 35.2 Å². The van der Waals surface area contributed by atoms with Gasteiger partial charge in [0.25, 0.3) is 0 Å². The van der Waals surface area contributed by atoms with E-state index >= 15 is 0 Å². The van der Waals surface area contributed by atoms with Gasteiger partial charge in [-0.3, -0.25) is 4.79 Å². The highest BCUT2D eigenvalue weighted by Crippen LogP contribution is 2.17. The second-order valence-corrected chi connectivity index (χ2v) is 6.16. The lowest BCUT2D eigenvalue weighted by Gasteiger charge is -1.98. The Morgan fingerprint density at radius 3 is 2.73 bits per heavy atom. The first-order valence-electron chi connectivity index (χ1n) is 7.73. The van der Waals surface area contributed by atoms with Crippen LogP contribution in [-0.4, -0.2) is 4.98 Å². The molecular weight excluding hydrogens is 354 g/mol. The zero-order valence-corrected chi connectivity index (χ0v) is 14.2. The van der Waals surface area contributed by atoms with E-state index in [9.17, 15) is 9.59 Å². The normalized spacial score (nSPS) is 13.3. The minimum Gasteiger partial charge on any atom is -0.463 e. The van der Waals surface area contributed by atoms with Crippen molar-refractivity contribution < 1.29 is 8.83 Å². The van der Waals surface area contributed by atoms with Gasteiger partial charge in [0.05, 0.1) is 10.9 Å². The third kappa shape index (κ3) is 2.78. The molecule has 4 rings (SSSR count). The van der Waals surface area contributed by atoms with Crippen LogP contribution in [0.3, 0.4) is 0 Å². The summed E-state index contributed by atoms with van der Waals surface area (Å²) in [6.07, 6.45) is 2.70. The molecule has 0 amide bonds. The fourth-order valence-corrected chi connectivity index (χ4v) is 2.85. The molecule has 2 heterocycles. The van der Waals surface area contributed by atoms with Crippen LogP contribution in [0.25, 0.3) is 23.6 Å². The second kappa shape index (κ2) is 6.20. The van der Waals surface area contributed by atoms with Gasteiger partial charge in [-0.2, -0.15) is 0 Å². The summed E-state index contributed by atoms with van der Waals surface area (Å²) in [5, 5.41) is 2.28. The zero-order valence-electron chi connectivity index (χ0n) is 13.4. The Balaban J connectivity index is 2.01. The number of fused-ring (bicyclic) bond motifs is 1. The maximum absolute atomic E-state index is 12.6. The van der Waals surface area contributed by atoms with E-state index < -0.39 is 5.63 Å². The maximum atomic E-state index is 12.6. The number of oxazole rings is 1. The van der Waals surface area contributed by atoms with E-state index in [1.807, 2.05) is 12.1 Å². The molecule has 4 aromatic rings. The fourth-order valence-electron chi connectivity index (χ4n) is 2.68. The van der Waals surface area contributed by atoms with E-state index in [2.05, 4.69) is 11.6 Å². The predicted molar refractivity (Wildman–Crippen MR) is 99.3 cm³/mol. The molecule has 2 aromatic carbocycles. The quantitative estimate of drug-likeness (QED) is 0.561. The van der Waals surface area contributed by atoms with Crippen LogP contribution in [0.4, 0.5) is 0 Å². The Hall–Kier alpha value is -3.31. The van der Waals surface area contributed by atoms with E-state index in [1.54, 1.807) is 24.3 Å². The van der Waals surface area contributed by atoms with E-state index in [0.29, 0.717) is 26.4 Å². The van der Waals surface area contributed by atoms with Crippen molar-refractivity contribution in [1.29, 1.82) is 0 Å². The predicted octanol–water partition coefficient (Wildman–Crippen LogP) is 2.25. The Bertz CT molecular complexity index is 1460. The number of H-pyrrole nitrogens is 1. The van der Waals surface area contributed by atoms with Gasteiger partial charge in [-0.15, -0.1) is 0 Å². The van der Waals surface area contributed by atoms with Crippen LogP contribution < -0.4 is 21.6 Å². The highest BCUT2D eigenvalue weighted by atomic mass is 35.5. The minimum absolute atomic E-state index is 0.136. The summed E-state index contributed by atoms with van der Waals surface area (Å²) in [4.78, 5) is 27.7. The van der Waals surface area contributed by atoms with Gasteiger partial charge >= 0.3 is 5.63 Å². The average Bonchev–Trinajstić information content (AvgIpc) is 2.98. The first-order chi connectivity index (χ1) is 12.5. The highest BCUT2D eigenvalue weighted by Gasteiger charge is 2.07. The van der Waals surface area contributed by atoms with Crippen LogP contribution in [0, 0.1) is 10.8 Å². The number of hydrogen-bond acceptors (Lipinski definition) is 4. The van der Waals surface area contributed by atoms with Crippen molar-refractivity contribution in [2.24, 2.45) is 0 Å². The summed E-state index contributed by atoms with van der Waals surface area (Å²) >= 11 is 5.95. The van der Waals surface area contributed by atoms with Crippen LogP contribution in [0.1, 0.15) is 5.56 Å². The van der Waals surface area contributed by atoms with E-state index in [4.69, 9.17) is 20.4 Å². The topological polar surface area (TPSA) is 76.2 Å². The fraction of sp³-hybridized carbons (Fsp3) is 0.